The zero-order valence-corrected chi connectivity index (χ0v) is 25.4. The van der Waals surface area contributed by atoms with Crippen LogP contribution in [0.4, 0.5) is 17.1 Å². The summed E-state index contributed by atoms with van der Waals surface area (Å²) in [6.45, 7) is 3.59. The topological polar surface area (TPSA) is 140 Å². The average molecular weight is 596 g/mol. The fourth-order valence-electron chi connectivity index (χ4n) is 3.85. The van der Waals surface area contributed by atoms with Gasteiger partial charge in [0, 0.05) is 27.7 Å². The predicted octanol–water partition coefficient (Wildman–Crippen LogP) is 3.85. The Morgan fingerprint density at radius 3 is 2.49 bits per heavy atom. The van der Waals surface area contributed by atoms with Crippen LogP contribution in [-0.4, -0.2) is 25.5 Å². The second-order valence-corrected chi connectivity index (χ2v) is 10.3. The molecule has 2 N–H and O–H groups in total. The largest absolute Gasteiger partial charge is 1.00 e. The Hall–Kier alpha value is -2.70. The molecule has 0 unspecified atom stereocenters. The molecule has 0 spiro atoms. The number of benzene rings is 4. The van der Waals surface area contributed by atoms with Crippen molar-refractivity contribution in [3.63, 3.8) is 0 Å². The van der Waals surface area contributed by atoms with E-state index in [9.17, 15) is 22.9 Å². The molecule has 0 fully saturated rings. The van der Waals surface area contributed by atoms with Crippen LogP contribution in [0.3, 0.4) is 0 Å². The van der Waals surface area contributed by atoms with E-state index >= 15 is 0 Å². The summed E-state index contributed by atoms with van der Waals surface area (Å²) >= 11 is 12.2. The molecule has 9 nitrogen and oxygen atoms in total. The van der Waals surface area contributed by atoms with Gasteiger partial charge in [0.15, 0.2) is 0 Å². The van der Waals surface area contributed by atoms with Crippen LogP contribution in [0, 0.1) is 6.92 Å². The standard InChI is InChI=1S/C26H21Cl2N3O6S.Na/c1-3-37-22-13-17(8-9-20(22)28)29-26(33)19-11-15-6-4-5-7-18(15)23(24(19)32)31-30-21-12-16(27)10-14(2)25(21)38(34,35)36;/h4-13,32H,3H2,1-2H3,(H,29,33)(H,34,35,36);/q;+1/p-1. The molecule has 0 bridgehead atoms. The molecular formula is C26H20Cl2N3NaO6S. The number of hydrogen-bond donors (Lipinski definition) is 2. The molecule has 196 valence electrons. The normalized spacial score (nSPS) is 11.4. The number of nitrogens with zero attached hydrogens (tertiary/aromatic N) is 2. The Labute approximate surface area is 256 Å². The van der Waals surface area contributed by atoms with E-state index in [1.54, 1.807) is 43.3 Å². The summed E-state index contributed by atoms with van der Waals surface area (Å²) in [5.74, 6) is -1.08. The van der Waals surface area contributed by atoms with E-state index < -0.39 is 26.7 Å². The van der Waals surface area contributed by atoms with Crippen LogP contribution in [0.15, 0.2) is 75.8 Å². The molecule has 39 heavy (non-hydrogen) atoms. The number of fused-ring (bicyclic) bond motifs is 1. The monoisotopic (exact) mass is 595 g/mol. The Morgan fingerprint density at radius 2 is 1.79 bits per heavy atom. The predicted molar refractivity (Wildman–Crippen MR) is 144 cm³/mol. The van der Waals surface area contributed by atoms with Crippen LogP contribution < -0.4 is 44.7 Å². The SMILES string of the molecule is CCOc1cc(NC(=O)c2cc3ccccc3c(N=Nc3cc(Cl)cc(C)c3S(=O)(=O)O)c2[O-])ccc1Cl.[Na+]. The third-order valence-electron chi connectivity index (χ3n) is 5.44. The maximum absolute atomic E-state index is 13.4. The van der Waals surface area contributed by atoms with Gasteiger partial charge in [-0.05, 0) is 55.1 Å². The summed E-state index contributed by atoms with van der Waals surface area (Å²) in [5.41, 5.74) is -0.184. The van der Waals surface area contributed by atoms with Crippen molar-refractivity contribution in [2.45, 2.75) is 18.7 Å². The Balaban J connectivity index is 0.00000420. The number of aryl methyl sites for hydroxylation is 1. The number of nitrogens with one attached hydrogen (secondary N) is 1. The molecule has 0 atom stereocenters. The second kappa shape index (κ2) is 12.6. The number of ether oxygens (including phenoxy) is 1. The van der Waals surface area contributed by atoms with E-state index in [-0.39, 0.29) is 57.1 Å². The molecule has 4 aromatic carbocycles. The molecule has 0 saturated heterocycles. The summed E-state index contributed by atoms with van der Waals surface area (Å²) in [7, 11) is -4.68. The Bertz CT molecular complexity index is 1710. The van der Waals surface area contributed by atoms with E-state index in [2.05, 4.69) is 15.5 Å². The quantitative estimate of drug-likeness (QED) is 0.189. The van der Waals surface area contributed by atoms with Gasteiger partial charge in [-0.25, -0.2) is 0 Å². The van der Waals surface area contributed by atoms with Crippen molar-refractivity contribution in [2.24, 2.45) is 10.2 Å². The van der Waals surface area contributed by atoms with Crippen molar-refractivity contribution in [3.8, 4) is 11.5 Å². The molecule has 0 saturated carbocycles. The first-order valence-electron chi connectivity index (χ1n) is 11.2. The number of rotatable bonds is 7. The van der Waals surface area contributed by atoms with Crippen LogP contribution in [0.1, 0.15) is 22.8 Å². The van der Waals surface area contributed by atoms with Gasteiger partial charge < -0.3 is 15.2 Å². The molecule has 0 aliphatic heterocycles. The van der Waals surface area contributed by atoms with Gasteiger partial charge in [0.25, 0.3) is 16.0 Å². The summed E-state index contributed by atoms with van der Waals surface area (Å²) < 4.78 is 39.1. The molecule has 0 radical (unpaired) electrons. The van der Waals surface area contributed by atoms with Crippen molar-refractivity contribution < 1.29 is 57.2 Å². The third kappa shape index (κ3) is 6.90. The molecule has 4 aromatic rings. The zero-order valence-electron chi connectivity index (χ0n) is 21.0. The minimum Gasteiger partial charge on any atom is -0.870 e. The van der Waals surface area contributed by atoms with E-state index in [4.69, 9.17) is 27.9 Å². The molecule has 0 heterocycles. The Kier molecular flexibility index (Phi) is 10.0. The van der Waals surface area contributed by atoms with Gasteiger partial charge in [-0.3, -0.25) is 9.35 Å². The van der Waals surface area contributed by atoms with Gasteiger partial charge in [-0.2, -0.15) is 13.5 Å². The molecule has 4 rings (SSSR count). The number of halogens is 2. The smallest absolute Gasteiger partial charge is 0.870 e. The molecular weight excluding hydrogens is 576 g/mol. The van der Waals surface area contributed by atoms with Crippen LogP contribution in [0.2, 0.25) is 10.0 Å². The zero-order chi connectivity index (χ0) is 27.6. The van der Waals surface area contributed by atoms with Gasteiger partial charge in [0.2, 0.25) is 0 Å². The van der Waals surface area contributed by atoms with Crippen molar-refractivity contribution >= 4 is 67.1 Å². The molecule has 0 aromatic heterocycles. The number of anilines is 1. The van der Waals surface area contributed by atoms with Crippen molar-refractivity contribution in [1.82, 2.24) is 0 Å². The minimum absolute atomic E-state index is 0. The number of azo groups is 1. The molecule has 1 amide bonds. The van der Waals surface area contributed by atoms with Gasteiger partial charge in [-0.1, -0.05) is 53.2 Å². The second-order valence-electron chi connectivity index (χ2n) is 8.10. The van der Waals surface area contributed by atoms with Crippen LogP contribution in [0.5, 0.6) is 11.5 Å². The number of carbonyl (C=O) groups excluding carboxylic acids is 1. The van der Waals surface area contributed by atoms with E-state index in [0.717, 1.165) is 0 Å². The third-order valence-corrected chi connectivity index (χ3v) is 7.02. The van der Waals surface area contributed by atoms with Crippen molar-refractivity contribution in [1.29, 1.82) is 0 Å². The van der Waals surface area contributed by atoms with E-state index in [1.807, 2.05) is 0 Å². The maximum Gasteiger partial charge on any atom is 1.00 e. The minimum atomic E-state index is -4.68. The van der Waals surface area contributed by atoms with Gasteiger partial charge in [-0.15, -0.1) is 5.11 Å². The van der Waals surface area contributed by atoms with Crippen molar-refractivity contribution in [3.05, 3.63) is 81.8 Å². The Morgan fingerprint density at radius 1 is 1.08 bits per heavy atom. The summed E-state index contributed by atoms with van der Waals surface area (Å²) in [5, 5.41) is 25.5. The average Bonchev–Trinajstić information content (AvgIpc) is 2.84. The van der Waals surface area contributed by atoms with E-state index in [0.29, 0.717) is 33.8 Å². The van der Waals surface area contributed by atoms with Crippen molar-refractivity contribution in [2.75, 3.05) is 11.9 Å². The molecule has 0 aliphatic rings. The van der Waals surface area contributed by atoms with Crippen LogP contribution in [-0.2, 0) is 10.1 Å². The number of amides is 1. The molecule has 0 aliphatic carbocycles. The first-order valence-corrected chi connectivity index (χ1v) is 13.3. The van der Waals surface area contributed by atoms with Gasteiger partial charge in [0.1, 0.15) is 16.3 Å². The fourth-order valence-corrected chi connectivity index (χ4v) is 5.12. The number of hydrogen-bond acceptors (Lipinski definition) is 7. The van der Waals surface area contributed by atoms with E-state index in [1.165, 1.54) is 31.2 Å². The van der Waals surface area contributed by atoms with Gasteiger partial charge in [0.05, 0.1) is 17.3 Å². The van der Waals surface area contributed by atoms with Crippen LogP contribution in [0.25, 0.3) is 10.8 Å². The molecule has 13 heteroatoms. The summed E-state index contributed by atoms with van der Waals surface area (Å²) in [6.07, 6.45) is 0. The fraction of sp³-hybridized carbons (Fsp3) is 0.115. The number of carbonyl (C=O) groups is 1. The maximum atomic E-state index is 13.4. The summed E-state index contributed by atoms with van der Waals surface area (Å²) in [6, 6.07) is 15.3. The van der Waals surface area contributed by atoms with Crippen LogP contribution >= 0.6 is 23.2 Å². The first kappa shape index (κ1) is 30.8. The van der Waals surface area contributed by atoms with Gasteiger partial charge >= 0.3 is 29.6 Å². The first-order chi connectivity index (χ1) is 18.0. The summed E-state index contributed by atoms with van der Waals surface area (Å²) in [4.78, 5) is 12.7.